The fourth-order valence-corrected chi connectivity index (χ4v) is 0.708. The Hall–Kier alpha value is -0.670. The summed E-state index contributed by atoms with van der Waals surface area (Å²) < 4.78 is 17.4. The Morgan fingerprint density at radius 1 is 1.50 bits per heavy atom. The van der Waals surface area contributed by atoms with Gasteiger partial charge < -0.3 is 4.74 Å². The van der Waals surface area contributed by atoms with Gasteiger partial charge in [-0.1, -0.05) is 0 Å². The summed E-state index contributed by atoms with van der Waals surface area (Å²) in [4.78, 5) is 0. The smallest absolute Gasteiger partial charge is 0.247 e. The van der Waals surface area contributed by atoms with E-state index in [0.29, 0.717) is 0 Å². The van der Waals surface area contributed by atoms with Gasteiger partial charge in [0, 0.05) is 7.11 Å². The predicted molar refractivity (Wildman–Crippen MR) is 33.6 cm³/mol. The van der Waals surface area contributed by atoms with Crippen LogP contribution in [0.25, 0.3) is 0 Å². The molecule has 0 amide bonds. The topological polar surface area (TPSA) is 29.1 Å². The lowest BCUT2D eigenvalue weighted by Crippen LogP contribution is -2.22. The molecule has 0 bridgehead atoms. The highest BCUT2D eigenvalue weighted by atomic mass is 19.2. The first-order chi connectivity index (χ1) is 4.66. The lowest BCUT2D eigenvalue weighted by atomic mass is 10.1. The summed E-state index contributed by atoms with van der Waals surface area (Å²) in [7, 11) is 1.25. The van der Waals surface area contributed by atoms with Crippen LogP contribution in [0.2, 0.25) is 0 Å². The predicted octanol–water partition coefficient (Wildman–Crippen LogP) is 1.22. The molecule has 0 fully saturated rings. The van der Waals surface area contributed by atoms with E-state index in [1.165, 1.54) is 19.3 Å². The van der Waals surface area contributed by atoms with Crippen molar-refractivity contribution in [1.82, 2.24) is 0 Å². The van der Waals surface area contributed by atoms with Crippen LogP contribution in [0.15, 0.2) is 24.3 Å². The molecule has 0 N–H and O–H groups in total. The van der Waals surface area contributed by atoms with E-state index in [4.69, 9.17) is 0 Å². The Kier molecular flexibility index (Phi) is 1.87. The Bertz CT molecular complexity index is 160. The van der Waals surface area contributed by atoms with Gasteiger partial charge in [-0.05, 0) is 24.3 Å². The lowest BCUT2D eigenvalue weighted by molar-refractivity contribution is -0.0407. The van der Waals surface area contributed by atoms with E-state index in [-0.39, 0.29) is 0 Å². The molecule has 1 aliphatic rings. The first-order valence-electron chi connectivity index (χ1n) is 2.95. The highest BCUT2D eigenvalue weighted by Gasteiger charge is 2.24. The van der Waals surface area contributed by atoms with Crippen LogP contribution in [0, 0.1) is 0 Å². The number of hydrogen-bond acceptors (Lipinski definition) is 1. The van der Waals surface area contributed by atoms with E-state index < -0.39 is 12.0 Å². The summed E-state index contributed by atoms with van der Waals surface area (Å²) in [5, 5.41) is 10.6. The number of methoxy groups -OCH3 is 1. The van der Waals surface area contributed by atoms with E-state index in [9.17, 15) is 9.50 Å². The molecule has 0 heterocycles. The average Bonchev–Trinajstić information content (AvgIpc) is 1.96. The Morgan fingerprint density at radius 2 is 2.00 bits per heavy atom. The van der Waals surface area contributed by atoms with Gasteiger partial charge in [-0.3, -0.25) is 0 Å². The monoisotopic (exact) mass is 143 g/mol. The third-order valence-electron chi connectivity index (χ3n) is 1.34. The second-order valence-corrected chi connectivity index (χ2v) is 2.08. The van der Waals surface area contributed by atoms with Crippen LogP contribution in [0.5, 0.6) is 0 Å². The van der Waals surface area contributed by atoms with Gasteiger partial charge in [0.25, 0.3) is 0 Å². The summed E-state index contributed by atoms with van der Waals surface area (Å²) in [6.07, 6.45) is 3.75. The van der Waals surface area contributed by atoms with Crippen LogP contribution in [-0.4, -0.2) is 19.1 Å². The molecule has 10 heavy (non-hydrogen) atoms. The number of rotatable bonds is 1. The average molecular weight is 143 g/mol. The third-order valence-corrected chi connectivity index (χ3v) is 1.34. The van der Waals surface area contributed by atoms with Crippen molar-refractivity contribution >= 4 is 0 Å². The molecular weight excluding hydrogens is 135 g/mol. The molecule has 0 saturated carbocycles. The molecule has 0 aliphatic heterocycles. The first-order valence-corrected chi connectivity index (χ1v) is 2.95. The highest BCUT2D eigenvalue weighted by molar-refractivity contribution is 5.19. The molecule has 55 valence electrons. The van der Waals surface area contributed by atoms with E-state index >= 15 is 0 Å². The molecule has 0 saturated heterocycles. The molecular formula is C7H8FO2. The summed E-state index contributed by atoms with van der Waals surface area (Å²) in [6.45, 7) is 0. The van der Waals surface area contributed by atoms with Gasteiger partial charge in [-0.2, -0.15) is 0 Å². The van der Waals surface area contributed by atoms with E-state index in [1.54, 1.807) is 0 Å². The number of halogens is 1. The second kappa shape index (κ2) is 2.52. The van der Waals surface area contributed by atoms with Gasteiger partial charge in [-0.15, -0.1) is 0 Å². The van der Waals surface area contributed by atoms with Gasteiger partial charge >= 0.3 is 0 Å². The maximum atomic E-state index is 12.9. The van der Waals surface area contributed by atoms with Crippen molar-refractivity contribution in [2.75, 3.05) is 7.11 Å². The van der Waals surface area contributed by atoms with Crippen molar-refractivity contribution in [1.29, 1.82) is 0 Å². The van der Waals surface area contributed by atoms with Crippen molar-refractivity contribution in [3.63, 3.8) is 0 Å². The molecule has 1 aliphatic carbocycles. The van der Waals surface area contributed by atoms with Crippen LogP contribution in [0.3, 0.4) is 0 Å². The normalized spacial score (nSPS) is 38.5. The van der Waals surface area contributed by atoms with E-state index in [2.05, 4.69) is 4.74 Å². The number of hydrogen-bond donors (Lipinski definition) is 0. The third kappa shape index (κ3) is 1.43. The molecule has 0 atom stereocenters. The van der Waals surface area contributed by atoms with Crippen molar-refractivity contribution in [2.24, 2.45) is 0 Å². The largest absolute Gasteiger partial charge is 0.343 e. The molecule has 0 unspecified atom stereocenters. The van der Waals surface area contributed by atoms with Gasteiger partial charge in [0.1, 0.15) is 6.10 Å². The van der Waals surface area contributed by atoms with Crippen molar-refractivity contribution in [3.8, 4) is 0 Å². The minimum absolute atomic E-state index is 0.931. The molecule has 0 aromatic rings. The molecule has 2 nitrogen and oxygen atoms in total. The maximum absolute atomic E-state index is 12.9. The minimum Gasteiger partial charge on any atom is -0.343 e. The summed E-state index contributed by atoms with van der Waals surface area (Å²) in [5.74, 6) is -1.86. The van der Waals surface area contributed by atoms with Gasteiger partial charge in [0.15, 0.2) is 0 Å². The van der Waals surface area contributed by atoms with Crippen molar-refractivity contribution < 1.29 is 14.2 Å². The molecule has 0 spiro atoms. The molecule has 0 aromatic heterocycles. The fourth-order valence-electron chi connectivity index (χ4n) is 0.708. The SMILES string of the molecule is COC1(F)C=CC([O])C=C1. The van der Waals surface area contributed by atoms with E-state index in [1.807, 2.05) is 0 Å². The lowest BCUT2D eigenvalue weighted by Gasteiger charge is -2.18. The zero-order chi connectivity index (χ0) is 7.61. The van der Waals surface area contributed by atoms with Crippen LogP contribution in [0.4, 0.5) is 4.39 Å². The maximum Gasteiger partial charge on any atom is 0.247 e. The highest BCUT2D eigenvalue weighted by Crippen LogP contribution is 2.20. The zero-order valence-electron chi connectivity index (χ0n) is 5.58. The first kappa shape index (κ1) is 7.44. The summed E-state index contributed by atoms with van der Waals surface area (Å²) >= 11 is 0. The number of ether oxygens (including phenoxy) is 1. The van der Waals surface area contributed by atoms with Crippen LogP contribution in [0.1, 0.15) is 0 Å². The van der Waals surface area contributed by atoms with Crippen LogP contribution >= 0.6 is 0 Å². The zero-order valence-corrected chi connectivity index (χ0v) is 5.58. The Morgan fingerprint density at radius 3 is 2.40 bits per heavy atom. The van der Waals surface area contributed by atoms with Gasteiger partial charge in [-0.25, -0.2) is 9.50 Å². The fraction of sp³-hybridized carbons (Fsp3) is 0.429. The van der Waals surface area contributed by atoms with E-state index in [0.717, 1.165) is 12.2 Å². The van der Waals surface area contributed by atoms with Crippen molar-refractivity contribution in [3.05, 3.63) is 24.3 Å². The second-order valence-electron chi connectivity index (χ2n) is 2.08. The van der Waals surface area contributed by atoms with Gasteiger partial charge in [0.05, 0.1) is 0 Å². The Labute approximate surface area is 58.6 Å². The Balaban J connectivity index is 2.69. The van der Waals surface area contributed by atoms with Gasteiger partial charge in [0.2, 0.25) is 5.85 Å². The van der Waals surface area contributed by atoms with Crippen LogP contribution in [-0.2, 0) is 9.84 Å². The molecule has 0 aromatic carbocycles. The van der Waals surface area contributed by atoms with Crippen LogP contribution < -0.4 is 0 Å². The molecule has 1 radical (unpaired) electrons. The molecule has 1 rings (SSSR count). The van der Waals surface area contributed by atoms with Crippen molar-refractivity contribution in [2.45, 2.75) is 12.0 Å². The minimum atomic E-state index is -1.86. The number of alkyl halides is 1. The summed E-state index contributed by atoms with van der Waals surface area (Å²) in [5.41, 5.74) is 0. The standard InChI is InChI=1S/C7H8FO2/c1-10-7(8)4-2-6(9)3-5-7/h2-6H,1H3. The quantitative estimate of drug-likeness (QED) is 0.507. The summed E-state index contributed by atoms with van der Waals surface area (Å²) in [6, 6.07) is 0. The molecule has 3 heteroatoms.